The van der Waals surface area contributed by atoms with Gasteiger partial charge in [0.15, 0.2) is 0 Å². The number of halogens is 1. The molecule has 0 saturated heterocycles. The second-order valence-corrected chi connectivity index (χ2v) is 4.30. The average Bonchev–Trinajstić information content (AvgIpc) is 2.36. The number of nitriles is 1. The third-order valence-electron chi connectivity index (χ3n) is 2.46. The Morgan fingerprint density at radius 2 is 2.00 bits per heavy atom. The Labute approximate surface area is 110 Å². The van der Waals surface area contributed by atoms with Crippen molar-refractivity contribution in [1.29, 1.82) is 5.26 Å². The Hall–Kier alpha value is -2.18. The van der Waals surface area contributed by atoms with E-state index in [2.05, 4.69) is 6.07 Å². The summed E-state index contributed by atoms with van der Waals surface area (Å²) in [5, 5.41) is 9.47. The van der Waals surface area contributed by atoms with Crippen LogP contribution in [0, 0.1) is 18.3 Å². The summed E-state index contributed by atoms with van der Waals surface area (Å²) in [6.45, 7) is 1.92. The summed E-state index contributed by atoms with van der Waals surface area (Å²) < 4.78 is 5.63. The molecule has 0 radical (unpaired) electrons. The molecule has 0 saturated carbocycles. The lowest BCUT2D eigenvalue weighted by molar-refractivity contribution is 0.481. The SMILES string of the molecule is Cc1ccc(Oc2ccc(N)c(Cl)c2)c(C#N)c1. The van der Waals surface area contributed by atoms with Gasteiger partial charge in [0.25, 0.3) is 0 Å². The number of nitrogens with two attached hydrogens (primary N) is 1. The van der Waals surface area contributed by atoms with Gasteiger partial charge in [-0.05, 0) is 36.8 Å². The fraction of sp³-hybridized carbons (Fsp3) is 0.0714. The van der Waals surface area contributed by atoms with Gasteiger partial charge in [0.2, 0.25) is 0 Å². The van der Waals surface area contributed by atoms with Crippen LogP contribution >= 0.6 is 11.6 Å². The van der Waals surface area contributed by atoms with Gasteiger partial charge in [-0.1, -0.05) is 17.7 Å². The minimum absolute atomic E-state index is 0.429. The number of nitrogen functional groups attached to an aromatic ring is 1. The molecule has 3 nitrogen and oxygen atoms in total. The lowest BCUT2D eigenvalue weighted by Gasteiger charge is -2.09. The standard InChI is InChI=1S/C14H11ClN2O/c1-9-2-5-14(10(6-9)8-16)18-11-3-4-13(17)12(15)7-11/h2-7H,17H2,1H3. The largest absolute Gasteiger partial charge is 0.456 e. The molecule has 0 bridgehead atoms. The minimum atomic E-state index is 0.429. The summed E-state index contributed by atoms with van der Waals surface area (Å²) in [7, 11) is 0. The highest BCUT2D eigenvalue weighted by Gasteiger charge is 2.06. The van der Waals surface area contributed by atoms with Gasteiger partial charge in [0.05, 0.1) is 16.3 Å². The van der Waals surface area contributed by atoms with Gasteiger partial charge in [-0.2, -0.15) is 5.26 Å². The van der Waals surface area contributed by atoms with Gasteiger partial charge in [-0.3, -0.25) is 0 Å². The molecule has 0 unspecified atom stereocenters. The van der Waals surface area contributed by atoms with E-state index in [-0.39, 0.29) is 0 Å². The van der Waals surface area contributed by atoms with E-state index in [1.807, 2.05) is 13.0 Å². The quantitative estimate of drug-likeness (QED) is 0.831. The van der Waals surface area contributed by atoms with Crippen LogP contribution in [0.1, 0.15) is 11.1 Å². The Morgan fingerprint density at radius 1 is 1.22 bits per heavy atom. The first-order valence-corrected chi connectivity index (χ1v) is 5.71. The number of anilines is 1. The third-order valence-corrected chi connectivity index (χ3v) is 2.78. The second kappa shape index (κ2) is 4.99. The molecule has 0 aliphatic carbocycles. The molecular weight excluding hydrogens is 248 g/mol. The number of hydrogen-bond donors (Lipinski definition) is 1. The molecule has 2 aromatic rings. The second-order valence-electron chi connectivity index (χ2n) is 3.90. The molecule has 0 aromatic heterocycles. The Balaban J connectivity index is 2.34. The summed E-state index contributed by atoms with van der Waals surface area (Å²) in [6.07, 6.45) is 0. The van der Waals surface area contributed by atoms with Crippen molar-refractivity contribution in [2.75, 3.05) is 5.73 Å². The van der Waals surface area contributed by atoms with Crippen LogP contribution in [-0.2, 0) is 0 Å². The Bertz CT molecular complexity index is 632. The Morgan fingerprint density at radius 3 is 2.67 bits per heavy atom. The van der Waals surface area contributed by atoms with Crippen molar-refractivity contribution in [2.24, 2.45) is 0 Å². The molecule has 0 aliphatic heterocycles. The molecule has 2 aromatic carbocycles. The Kier molecular flexibility index (Phi) is 3.40. The van der Waals surface area contributed by atoms with Crippen molar-refractivity contribution in [1.82, 2.24) is 0 Å². The number of aryl methyl sites for hydroxylation is 1. The van der Waals surface area contributed by atoms with E-state index >= 15 is 0 Å². The van der Waals surface area contributed by atoms with Crippen LogP contribution in [0.2, 0.25) is 5.02 Å². The molecular formula is C14H11ClN2O. The van der Waals surface area contributed by atoms with E-state index in [1.54, 1.807) is 30.3 Å². The van der Waals surface area contributed by atoms with Gasteiger partial charge < -0.3 is 10.5 Å². The van der Waals surface area contributed by atoms with Crippen molar-refractivity contribution >= 4 is 17.3 Å². The van der Waals surface area contributed by atoms with Crippen LogP contribution in [-0.4, -0.2) is 0 Å². The molecule has 4 heteroatoms. The van der Waals surface area contributed by atoms with Crippen molar-refractivity contribution in [2.45, 2.75) is 6.92 Å². The van der Waals surface area contributed by atoms with Crippen LogP contribution in [0.3, 0.4) is 0 Å². The fourth-order valence-electron chi connectivity index (χ4n) is 1.52. The first-order valence-electron chi connectivity index (χ1n) is 5.34. The molecule has 18 heavy (non-hydrogen) atoms. The maximum atomic E-state index is 9.04. The number of hydrogen-bond acceptors (Lipinski definition) is 3. The molecule has 0 atom stereocenters. The highest BCUT2D eigenvalue weighted by Crippen LogP contribution is 2.30. The highest BCUT2D eigenvalue weighted by molar-refractivity contribution is 6.33. The van der Waals surface area contributed by atoms with E-state index in [0.717, 1.165) is 5.56 Å². The van der Waals surface area contributed by atoms with E-state index < -0.39 is 0 Å². The summed E-state index contributed by atoms with van der Waals surface area (Å²) >= 11 is 5.91. The van der Waals surface area contributed by atoms with E-state index in [1.165, 1.54) is 0 Å². The topological polar surface area (TPSA) is 59.0 Å². The van der Waals surface area contributed by atoms with Gasteiger partial charge >= 0.3 is 0 Å². The summed E-state index contributed by atoms with van der Waals surface area (Å²) in [5.41, 5.74) is 7.61. The zero-order chi connectivity index (χ0) is 13.1. The van der Waals surface area contributed by atoms with Crippen LogP contribution < -0.4 is 10.5 Å². The van der Waals surface area contributed by atoms with E-state index in [9.17, 15) is 0 Å². The van der Waals surface area contributed by atoms with Crippen molar-refractivity contribution in [3.05, 3.63) is 52.5 Å². The van der Waals surface area contributed by atoms with Crippen LogP contribution in [0.25, 0.3) is 0 Å². The van der Waals surface area contributed by atoms with E-state index in [0.29, 0.717) is 27.8 Å². The normalized spacial score (nSPS) is 9.83. The lowest BCUT2D eigenvalue weighted by atomic mass is 10.1. The van der Waals surface area contributed by atoms with Crippen LogP contribution in [0.15, 0.2) is 36.4 Å². The maximum absolute atomic E-state index is 9.04. The predicted molar refractivity (Wildman–Crippen MR) is 71.8 cm³/mol. The average molecular weight is 259 g/mol. The van der Waals surface area contributed by atoms with Crippen LogP contribution in [0.5, 0.6) is 11.5 Å². The maximum Gasteiger partial charge on any atom is 0.145 e. The first kappa shape index (κ1) is 12.3. The van der Waals surface area contributed by atoms with Crippen LogP contribution in [0.4, 0.5) is 5.69 Å². The van der Waals surface area contributed by atoms with Gasteiger partial charge in [0.1, 0.15) is 17.6 Å². The minimum Gasteiger partial charge on any atom is -0.456 e. The molecule has 0 heterocycles. The zero-order valence-corrected chi connectivity index (χ0v) is 10.5. The van der Waals surface area contributed by atoms with Gasteiger partial charge in [-0.15, -0.1) is 0 Å². The lowest BCUT2D eigenvalue weighted by Crippen LogP contribution is -1.91. The first-order chi connectivity index (χ1) is 8.60. The van der Waals surface area contributed by atoms with Gasteiger partial charge in [0, 0.05) is 6.07 Å². The van der Waals surface area contributed by atoms with Gasteiger partial charge in [-0.25, -0.2) is 0 Å². The summed E-state index contributed by atoms with van der Waals surface area (Å²) in [5.74, 6) is 1.05. The van der Waals surface area contributed by atoms with Crippen molar-refractivity contribution in [3.8, 4) is 17.6 Å². The number of benzene rings is 2. The highest BCUT2D eigenvalue weighted by atomic mass is 35.5. The van der Waals surface area contributed by atoms with E-state index in [4.69, 9.17) is 27.3 Å². The molecule has 0 aliphatic rings. The zero-order valence-electron chi connectivity index (χ0n) is 9.77. The molecule has 0 amide bonds. The number of rotatable bonds is 2. The molecule has 90 valence electrons. The smallest absolute Gasteiger partial charge is 0.145 e. The number of ether oxygens (including phenoxy) is 1. The molecule has 0 fully saturated rings. The summed E-state index contributed by atoms with van der Waals surface area (Å²) in [6, 6.07) is 12.5. The predicted octanol–water partition coefficient (Wildman–Crippen LogP) is 3.89. The molecule has 2 N–H and O–H groups in total. The monoisotopic (exact) mass is 258 g/mol. The van der Waals surface area contributed by atoms with Crippen molar-refractivity contribution < 1.29 is 4.74 Å². The fourth-order valence-corrected chi connectivity index (χ4v) is 1.69. The number of nitrogens with zero attached hydrogens (tertiary/aromatic N) is 1. The summed E-state index contributed by atoms with van der Waals surface area (Å²) in [4.78, 5) is 0. The van der Waals surface area contributed by atoms with Crippen molar-refractivity contribution in [3.63, 3.8) is 0 Å². The molecule has 2 rings (SSSR count). The molecule has 0 spiro atoms. The third kappa shape index (κ3) is 2.55.